The van der Waals surface area contributed by atoms with E-state index in [1.165, 1.54) is 178 Å². The monoisotopic (exact) mass is 997 g/mol. The lowest BCUT2D eigenvalue weighted by Gasteiger charge is -2.08. The van der Waals surface area contributed by atoms with Crippen molar-refractivity contribution < 1.29 is 71.4 Å². The highest BCUT2D eigenvalue weighted by Crippen LogP contribution is 2.29. The molecule has 0 atom stereocenters. The first-order valence-electron chi connectivity index (χ1n) is 24.0. The van der Waals surface area contributed by atoms with Gasteiger partial charge in [-0.15, -0.1) is 0 Å². The Morgan fingerprint density at radius 2 is 0.554 bits per heavy atom. The fourth-order valence-electron chi connectivity index (χ4n) is 6.88. The molecule has 0 aliphatic rings. The van der Waals surface area contributed by atoms with E-state index in [2.05, 4.69) is 4.65 Å². The maximum Gasteiger partial charge on any atom is 0.707 e. The lowest BCUT2D eigenvalue weighted by atomic mass is 10.0. The Morgan fingerprint density at radius 1 is 0.354 bits per heavy atom. The molecule has 2 N–H and O–H groups in total. The van der Waals surface area contributed by atoms with Crippen molar-refractivity contribution in [3.8, 4) is 5.75 Å². The van der Waals surface area contributed by atoms with Crippen LogP contribution in [0.2, 0.25) is 0 Å². The van der Waals surface area contributed by atoms with Gasteiger partial charge in [0, 0.05) is 25.4 Å². The van der Waals surface area contributed by atoms with Gasteiger partial charge in [-0.25, -0.2) is 13.2 Å². The molecule has 0 radical (unpaired) electrons. The van der Waals surface area contributed by atoms with Crippen LogP contribution >= 0.6 is 24.1 Å². The molecule has 0 aliphatic heterocycles. The summed E-state index contributed by atoms with van der Waals surface area (Å²) in [7, 11) is -2.70. The molecule has 386 valence electrons. The van der Waals surface area contributed by atoms with E-state index in [4.69, 9.17) is 18.4 Å². The van der Waals surface area contributed by atoms with Crippen LogP contribution in [-0.4, -0.2) is 55.4 Å². The van der Waals surface area contributed by atoms with E-state index in [1.54, 1.807) is 0 Å². The molecular formula is C46H80BF11O5S2. The van der Waals surface area contributed by atoms with Crippen molar-refractivity contribution in [3.05, 3.63) is 29.1 Å². The molecule has 0 fully saturated rings. The minimum atomic E-state index is -3.97. The molecule has 0 bridgehead atoms. The Bertz CT molecular complexity index is 1120. The number of benzene rings is 1. The predicted octanol–water partition coefficient (Wildman–Crippen LogP) is 17.7. The lowest BCUT2D eigenvalue weighted by Crippen LogP contribution is -2.23. The maximum absolute atomic E-state index is 12.7. The van der Waals surface area contributed by atoms with Gasteiger partial charge in [-0.05, 0) is 49.8 Å². The van der Waals surface area contributed by atoms with Crippen LogP contribution in [0.15, 0.2) is 0 Å². The average Bonchev–Trinajstić information content (AvgIpc) is 3.25. The van der Waals surface area contributed by atoms with Crippen LogP contribution in [0.1, 0.15) is 218 Å². The van der Waals surface area contributed by atoms with Crippen LogP contribution in [0.25, 0.3) is 0 Å². The van der Waals surface area contributed by atoms with E-state index in [9.17, 15) is 48.3 Å². The highest BCUT2D eigenvalue weighted by Gasteiger charge is 2.30. The van der Waals surface area contributed by atoms with Gasteiger partial charge in [-0.3, -0.25) is 0 Å². The molecule has 0 unspecified atom stereocenters. The Morgan fingerprint density at radius 3 is 0.754 bits per heavy atom. The van der Waals surface area contributed by atoms with Crippen LogP contribution in [0, 0.1) is 29.1 Å². The Hall–Kier alpha value is -1.15. The van der Waals surface area contributed by atoms with Gasteiger partial charge in [0.05, 0.1) is 13.2 Å². The van der Waals surface area contributed by atoms with Crippen LogP contribution in [0.3, 0.4) is 0 Å². The SMILES string of the molecule is CSOCCCCCCCCCCCCCCCCCCC(F)(F)F.CSOCCCCCCCCCCCCCCCCCCC(F)(F)F.OB(O)Oc1c(F)c(F)c(F)c(F)c1F. The smallest absolute Gasteiger partial charge is 0.507 e. The van der Waals surface area contributed by atoms with Gasteiger partial charge in [-0.1, -0.05) is 180 Å². The normalized spacial score (nSPS) is 11.6. The lowest BCUT2D eigenvalue weighted by molar-refractivity contribution is -0.136. The number of unbranched alkanes of at least 4 members (excludes halogenated alkanes) is 30. The molecular weight excluding hydrogens is 916 g/mol. The summed E-state index contributed by atoms with van der Waals surface area (Å²) in [5, 5.41) is 16.3. The highest BCUT2D eigenvalue weighted by molar-refractivity contribution is 7.94. The molecule has 65 heavy (non-hydrogen) atoms. The number of rotatable bonds is 40. The second-order valence-electron chi connectivity index (χ2n) is 16.4. The van der Waals surface area contributed by atoms with Gasteiger partial charge >= 0.3 is 19.7 Å². The van der Waals surface area contributed by atoms with Crippen molar-refractivity contribution >= 4 is 31.4 Å². The third-order valence-electron chi connectivity index (χ3n) is 10.5. The van der Waals surface area contributed by atoms with E-state index in [-0.39, 0.29) is 0 Å². The van der Waals surface area contributed by atoms with Crippen molar-refractivity contribution in [1.82, 2.24) is 0 Å². The molecule has 19 heteroatoms. The average molecular weight is 997 g/mol. The van der Waals surface area contributed by atoms with Crippen molar-refractivity contribution in [2.75, 3.05) is 25.7 Å². The summed E-state index contributed by atoms with van der Waals surface area (Å²) in [5.74, 6) is -13.1. The van der Waals surface area contributed by atoms with E-state index in [0.717, 1.165) is 51.7 Å². The number of hydrogen-bond donors (Lipinski definition) is 2. The highest BCUT2D eigenvalue weighted by atomic mass is 32.2. The van der Waals surface area contributed by atoms with E-state index >= 15 is 0 Å². The number of alkyl halides is 6. The molecule has 0 amide bonds. The minimum absolute atomic E-state index is 0.301. The topological polar surface area (TPSA) is 68.2 Å². The van der Waals surface area contributed by atoms with Crippen molar-refractivity contribution in [2.45, 2.75) is 231 Å². The maximum atomic E-state index is 12.7. The molecule has 0 heterocycles. The van der Waals surface area contributed by atoms with Gasteiger partial charge in [-0.2, -0.15) is 35.1 Å². The zero-order chi connectivity index (χ0) is 49.0. The molecule has 1 rings (SSSR count). The van der Waals surface area contributed by atoms with Crippen molar-refractivity contribution in [2.24, 2.45) is 0 Å². The molecule has 0 saturated carbocycles. The second-order valence-corrected chi connectivity index (χ2v) is 17.5. The standard InChI is InChI=1S/2C20H39F3OS.C6H2BF5O3/c2*1-25-24-19-17-15-13-11-9-7-5-3-2-4-6-8-10-12-14-16-18-20(21,22)23;8-1-2(9)4(11)6(15-7(13)14)5(12)3(1)10/h2*2-19H2,1H3;13-14H. The van der Waals surface area contributed by atoms with Gasteiger partial charge in [0.1, 0.15) is 0 Å². The van der Waals surface area contributed by atoms with E-state index < -0.39 is 67.4 Å². The van der Waals surface area contributed by atoms with Crippen LogP contribution in [-0.2, 0) is 8.37 Å². The summed E-state index contributed by atoms with van der Waals surface area (Å²) in [6, 6.07) is 0. The van der Waals surface area contributed by atoms with Crippen LogP contribution < -0.4 is 4.65 Å². The summed E-state index contributed by atoms with van der Waals surface area (Å²) in [4.78, 5) is 0. The third kappa shape index (κ3) is 46.4. The van der Waals surface area contributed by atoms with Gasteiger partial charge < -0.3 is 23.1 Å². The molecule has 5 nitrogen and oxygen atoms in total. The Kier molecular flexibility index (Phi) is 46.0. The fraction of sp³-hybridized carbons (Fsp3) is 0.870. The van der Waals surface area contributed by atoms with Gasteiger partial charge in [0.25, 0.3) is 0 Å². The number of halogens is 11. The summed E-state index contributed by atoms with van der Waals surface area (Å²) in [6.07, 6.45) is 32.2. The van der Waals surface area contributed by atoms with Gasteiger partial charge in [0.2, 0.25) is 29.1 Å². The molecule has 0 saturated heterocycles. The summed E-state index contributed by atoms with van der Waals surface area (Å²) >= 11 is 2.91. The summed E-state index contributed by atoms with van der Waals surface area (Å²) in [6.45, 7) is 1.77. The fourth-order valence-corrected chi connectivity index (χ4v) is 7.45. The zero-order valence-electron chi connectivity index (χ0n) is 39.1. The molecule has 0 spiro atoms. The van der Waals surface area contributed by atoms with Crippen LogP contribution in [0.5, 0.6) is 5.75 Å². The van der Waals surface area contributed by atoms with E-state index in [0.29, 0.717) is 12.8 Å². The minimum Gasteiger partial charge on any atom is -0.507 e. The zero-order valence-corrected chi connectivity index (χ0v) is 40.8. The van der Waals surface area contributed by atoms with Gasteiger partial charge in [0.15, 0.2) is 5.75 Å². The summed E-state index contributed by atoms with van der Waals surface area (Å²) in [5.41, 5.74) is 0. The Labute approximate surface area is 392 Å². The predicted molar refractivity (Wildman–Crippen MR) is 245 cm³/mol. The van der Waals surface area contributed by atoms with Crippen LogP contribution in [0.4, 0.5) is 48.3 Å². The second kappa shape index (κ2) is 45.3. The molecule has 1 aromatic rings. The third-order valence-corrected chi connectivity index (χ3v) is 11.3. The molecule has 1 aromatic carbocycles. The first kappa shape index (κ1) is 65.9. The first-order valence-corrected chi connectivity index (χ1v) is 26.3. The Balaban J connectivity index is 0. The van der Waals surface area contributed by atoms with Crippen molar-refractivity contribution in [1.29, 1.82) is 0 Å². The molecule has 0 aromatic heterocycles. The number of hydrogen-bond acceptors (Lipinski definition) is 7. The quantitative estimate of drug-likeness (QED) is 0.0170. The first-order chi connectivity index (χ1) is 31.0. The van der Waals surface area contributed by atoms with E-state index in [1.807, 2.05) is 12.5 Å². The molecule has 0 aliphatic carbocycles. The summed E-state index contributed by atoms with van der Waals surface area (Å²) < 4.78 is 149. The largest absolute Gasteiger partial charge is 0.707 e. The van der Waals surface area contributed by atoms with Crippen molar-refractivity contribution in [3.63, 3.8) is 0 Å².